The number of hydrogen-bond acceptors (Lipinski definition) is 3. The van der Waals surface area contributed by atoms with Crippen molar-refractivity contribution in [2.24, 2.45) is 5.92 Å². The van der Waals surface area contributed by atoms with Gasteiger partial charge in [-0.25, -0.2) is 0 Å². The SMILES string of the molecule is O=C(c1ccncc1)N1CCCCC1C1CCCC1O. The van der Waals surface area contributed by atoms with E-state index in [0.717, 1.165) is 45.1 Å². The normalized spacial score (nSPS) is 30.4. The molecule has 1 aromatic heterocycles. The summed E-state index contributed by atoms with van der Waals surface area (Å²) >= 11 is 0. The Hall–Kier alpha value is -1.42. The molecule has 20 heavy (non-hydrogen) atoms. The van der Waals surface area contributed by atoms with Gasteiger partial charge in [0.2, 0.25) is 0 Å². The first-order valence-corrected chi connectivity index (χ1v) is 7.66. The topological polar surface area (TPSA) is 53.4 Å². The van der Waals surface area contributed by atoms with Crippen molar-refractivity contribution in [3.8, 4) is 0 Å². The van der Waals surface area contributed by atoms with Gasteiger partial charge in [-0.2, -0.15) is 0 Å². The summed E-state index contributed by atoms with van der Waals surface area (Å²) in [5.41, 5.74) is 0.708. The highest BCUT2D eigenvalue weighted by Crippen LogP contribution is 2.35. The lowest BCUT2D eigenvalue weighted by Gasteiger charge is -2.40. The van der Waals surface area contributed by atoms with Crippen LogP contribution in [0.4, 0.5) is 0 Å². The maximum atomic E-state index is 12.7. The fourth-order valence-corrected chi connectivity index (χ4v) is 3.73. The molecule has 1 aromatic rings. The van der Waals surface area contributed by atoms with Gasteiger partial charge in [-0.1, -0.05) is 6.42 Å². The quantitative estimate of drug-likeness (QED) is 0.900. The number of nitrogens with zero attached hydrogens (tertiary/aromatic N) is 2. The number of carbonyl (C=O) groups is 1. The van der Waals surface area contributed by atoms with E-state index in [1.54, 1.807) is 24.5 Å². The van der Waals surface area contributed by atoms with Gasteiger partial charge in [-0.15, -0.1) is 0 Å². The van der Waals surface area contributed by atoms with Crippen LogP contribution in [0.2, 0.25) is 0 Å². The Morgan fingerprint density at radius 2 is 1.95 bits per heavy atom. The largest absolute Gasteiger partial charge is 0.393 e. The first-order chi connectivity index (χ1) is 9.77. The highest BCUT2D eigenvalue weighted by atomic mass is 16.3. The highest BCUT2D eigenvalue weighted by Gasteiger charge is 2.38. The molecule has 4 nitrogen and oxygen atoms in total. The van der Waals surface area contributed by atoms with E-state index in [0.29, 0.717) is 5.56 Å². The standard InChI is InChI=1S/C16H22N2O2/c19-15-6-3-4-13(15)14-5-1-2-11-18(14)16(20)12-7-9-17-10-8-12/h7-10,13-15,19H,1-6,11H2. The third-order valence-electron chi connectivity index (χ3n) is 4.76. The number of amides is 1. The Morgan fingerprint density at radius 1 is 1.15 bits per heavy atom. The van der Waals surface area contributed by atoms with Crippen molar-refractivity contribution < 1.29 is 9.90 Å². The Morgan fingerprint density at radius 3 is 2.65 bits per heavy atom. The van der Waals surface area contributed by atoms with Crippen molar-refractivity contribution >= 4 is 5.91 Å². The number of likely N-dealkylation sites (tertiary alicyclic amines) is 1. The fraction of sp³-hybridized carbons (Fsp3) is 0.625. The van der Waals surface area contributed by atoms with Crippen LogP contribution in [0.5, 0.6) is 0 Å². The summed E-state index contributed by atoms with van der Waals surface area (Å²) in [5.74, 6) is 0.359. The minimum atomic E-state index is -0.231. The number of carbonyl (C=O) groups excluding carboxylic acids is 1. The van der Waals surface area contributed by atoms with Crippen LogP contribution in [0.15, 0.2) is 24.5 Å². The minimum absolute atomic E-state index is 0.0937. The molecule has 3 atom stereocenters. The van der Waals surface area contributed by atoms with Gasteiger partial charge in [-0.05, 0) is 44.2 Å². The molecule has 0 spiro atoms. The van der Waals surface area contributed by atoms with Gasteiger partial charge in [-0.3, -0.25) is 9.78 Å². The molecule has 3 unspecified atom stereocenters. The van der Waals surface area contributed by atoms with Crippen molar-refractivity contribution in [2.75, 3.05) is 6.54 Å². The average Bonchev–Trinajstić information content (AvgIpc) is 2.93. The van der Waals surface area contributed by atoms with E-state index in [1.165, 1.54) is 0 Å². The second-order valence-corrected chi connectivity index (χ2v) is 5.96. The highest BCUT2D eigenvalue weighted by molar-refractivity contribution is 5.94. The predicted molar refractivity (Wildman–Crippen MR) is 76.3 cm³/mol. The van der Waals surface area contributed by atoms with Gasteiger partial charge in [0.05, 0.1) is 6.10 Å². The van der Waals surface area contributed by atoms with E-state index >= 15 is 0 Å². The van der Waals surface area contributed by atoms with Crippen LogP contribution in [-0.4, -0.2) is 39.6 Å². The van der Waals surface area contributed by atoms with Crippen molar-refractivity contribution in [2.45, 2.75) is 50.7 Å². The summed E-state index contributed by atoms with van der Waals surface area (Å²) in [6.45, 7) is 0.815. The molecule has 0 aromatic carbocycles. The van der Waals surface area contributed by atoms with Crippen molar-refractivity contribution in [1.82, 2.24) is 9.88 Å². The lowest BCUT2D eigenvalue weighted by molar-refractivity contribution is 0.0288. The lowest BCUT2D eigenvalue weighted by atomic mass is 9.87. The van der Waals surface area contributed by atoms with Crippen LogP contribution in [0, 0.1) is 5.92 Å². The van der Waals surface area contributed by atoms with E-state index < -0.39 is 0 Å². The van der Waals surface area contributed by atoms with Crippen LogP contribution in [0.25, 0.3) is 0 Å². The number of hydrogen-bond donors (Lipinski definition) is 1. The van der Waals surface area contributed by atoms with Gasteiger partial charge < -0.3 is 10.0 Å². The third kappa shape index (κ3) is 2.57. The molecule has 1 aliphatic carbocycles. The molecule has 1 N–H and O–H groups in total. The Balaban J connectivity index is 1.80. The molecule has 3 rings (SSSR count). The fourth-order valence-electron chi connectivity index (χ4n) is 3.73. The maximum Gasteiger partial charge on any atom is 0.254 e. The van der Waals surface area contributed by atoms with Gasteiger partial charge in [0.1, 0.15) is 0 Å². The number of aromatic nitrogens is 1. The number of aliphatic hydroxyl groups is 1. The second-order valence-electron chi connectivity index (χ2n) is 5.96. The Labute approximate surface area is 119 Å². The van der Waals surface area contributed by atoms with Crippen molar-refractivity contribution in [3.63, 3.8) is 0 Å². The number of piperidine rings is 1. The van der Waals surface area contributed by atoms with Crippen LogP contribution in [-0.2, 0) is 0 Å². The van der Waals surface area contributed by atoms with Crippen LogP contribution in [0.1, 0.15) is 48.9 Å². The first kappa shape index (κ1) is 13.6. The number of aliphatic hydroxyl groups excluding tert-OH is 1. The molecule has 1 aliphatic heterocycles. The first-order valence-electron chi connectivity index (χ1n) is 7.66. The molecule has 1 amide bonds. The molecule has 2 aliphatic rings. The Kier molecular flexibility index (Phi) is 4.01. The average molecular weight is 274 g/mol. The number of pyridine rings is 1. The molecule has 0 radical (unpaired) electrons. The summed E-state index contributed by atoms with van der Waals surface area (Å²) in [4.78, 5) is 18.7. The maximum absolute atomic E-state index is 12.7. The van der Waals surface area contributed by atoms with E-state index in [4.69, 9.17) is 0 Å². The molecule has 0 bridgehead atoms. The van der Waals surface area contributed by atoms with Crippen LogP contribution >= 0.6 is 0 Å². The zero-order chi connectivity index (χ0) is 13.9. The van der Waals surface area contributed by atoms with Crippen LogP contribution in [0.3, 0.4) is 0 Å². The van der Waals surface area contributed by atoms with Crippen LogP contribution < -0.4 is 0 Å². The van der Waals surface area contributed by atoms with E-state index in [9.17, 15) is 9.90 Å². The summed E-state index contributed by atoms with van der Waals surface area (Å²) in [6, 6.07) is 3.76. The summed E-state index contributed by atoms with van der Waals surface area (Å²) in [7, 11) is 0. The van der Waals surface area contributed by atoms with Gasteiger partial charge in [0.25, 0.3) is 5.91 Å². The molecular weight excluding hydrogens is 252 g/mol. The smallest absolute Gasteiger partial charge is 0.254 e. The minimum Gasteiger partial charge on any atom is -0.393 e. The molecule has 108 valence electrons. The van der Waals surface area contributed by atoms with E-state index in [-0.39, 0.29) is 24.0 Å². The van der Waals surface area contributed by atoms with E-state index in [1.807, 2.05) is 4.90 Å². The molecule has 1 saturated carbocycles. The second kappa shape index (κ2) is 5.92. The summed E-state index contributed by atoms with van der Waals surface area (Å²) in [5, 5.41) is 10.2. The molecule has 2 fully saturated rings. The monoisotopic (exact) mass is 274 g/mol. The summed E-state index contributed by atoms with van der Waals surface area (Å²) in [6.07, 6.45) is 9.37. The van der Waals surface area contributed by atoms with Gasteiger partial charge >= 0.3 is 0 Å². The Bertz CT molecular complexity index is 463. The molecule has 1 saturated heterocycles. The van der Waals surface area contributed by atoms with Gasteiger partial charge in [0.15, 0.2) is 0 Å². The molecule has 2 heterocycles. The van der Waals surface area contributed by atoms with E-state index in [2.05, 4.69) is 4.98 Å². The predicted octanol–water partition coefficient (Wildman–Crippen LogP) is 2.24. The summed E-state index contributed by atoms with van der Waals surface area (Å²) < 4.78 is 0. The zero-order valence-electron chi connectivity index (χ0n) is 11.7. The number of rotatable bonds is 2. The third-order valence-corrected chi connectivity index (χ3v) is 4.76. The van der Waals surface area contributed by atoms with Crippen molar-refractivity contribution in [3.05, 3.63) is 30.1 Å². The zero-order valence-corrected chi connectivity index (χ0v) is 11.7. The molecular formula is C16H22N2O2. The lowest BCUT2D eigenvalue weighted by Crippen LogP contribution is -2.49. The van der Waals surface area contributed by atoms with Gasteiger partial charge in [0, 0.05) is 36.5 Å². The van der Waals surface area contributed by atoms with Crippen molar-refractivity contribution in [1.29, 1.82) is 0 Å². The molecule has 4 heteroatoms.